The Kier molecular flexibility index (Phi) is 4.08. The van der Waals surface area contributed by atoms with Crippen LogP contribution in [0.25, 0.3) is 0 Å². The zero-order valence-corrected chi connectivity index (χ0v) is 15.8. The molecule has 3 N–H and O–H groups in total. The first-order valence-electron chi connectivity index (χ1n) is 10.1. The van der Waals surface area contributed by atoms with Gasteiger partial charge in [0.2, 0.25) is 0 Å². The molecular weight excluding hydrogens is 314 g/mol. The second kappa shape index (κ2) is 5.82. The molecule has 0 aromatic rings. The molecule has 0 spiro atoms. The number of oxime groups is 1. The molecule has 3 fully saturated rings. The Labute approximate surface area is 151 Å². The van der Waals surface area contributed by atoms with E-state index in [9.17, 15) is 15.4 Å². The average Bonchev–Trinajstić information content (AvgIpc) is 2.91. The quantitative estimate of drug-likeness (QED) is 0.293. The van der Waals surface area contributed by atoms with Crippen molar-refractivity contribution in [3.05, 3.63) is 11.6 Å². The van der Waals surface area contributed by atoms with E-state index in [-0.39, 0.29) is 29.0 Å². The minimum Gasteiger partial charge on any atom is -0.411 e. The van der Waals surface area contributed by atoms with Crippen molar-refractivity contribution in [2.75, 3.05) is 0 Å². The molecule has 4 rings (SSSR count). The van der Waals surface area contributed by atoms with Crippen molar-refractivity contribution in [3.63, 3.8) is 0 Å². The summed E-state index contributed by atoms with van der Waals surface area (Å²) in [4.78, 5) is 0. The zero-order chi connectivity index (χ0) is 18.0. The van der Waals surface area contributed by atoms with Gasteiger partial charge in [0.1, 0.15) is 0 Å². The summed E-state index contributed by atoms with van der Waals surface area (Å²) in [6.45, 7) is 6.58. The predicted molar refractivity (Wildman–Crippen MR) is 97.5 cm³/mol. The molecule has 0 bridgehead atoms. The summed E-state index contributed by atoms with van der Waals surface area (Å²) in [5.74, 6) is 1.69. The first kappa shape index (κ1) is 17.5. The molecule has 0 aliphatic heterocycles. The van der Waals surface area contributed by atoms with E-state index in [2.05, 4.69) is 25.1 Å². The van der Waals surface area contributed by atoms with Gasteiger partial charge < -0.3 is 15.4 Å². The van der Waals surface area contributed by atoms with Crippen molar-refractivity contribution in [1.82, 2.24) is 0 Å². The minimum atomic E-state index is -0.303. The lowest BCUT2D eigenvalue weighted by molar-refractivity contribution is -0.120. The van der Waals surface area contributed by atoms with Gasteiger partial charge >= 0.3 is 0 Å². The van der Waals surface area contributed by atoms with Gasteiger partial charge in [0, 0.05) is 5.92 Å². The lowest BCUT2D eigenvalue weighted by Crippen LogP contribution is -2.56. The SMILES string of the molecule is C/C(=N\O)C1CCC2C3CC=C4C[C@@H](O)CC[C@]4(C)C3[C@@H](O)C[C@]12C. The second-order valence-corrected chi connectivity index (χ2v) is 9.72. The van der Waals surface area contributed by atoms with Crippen molar-refractivity contribution in [1.29, 1.82) is 0 Å². The van der Waals surface area contributed by atoms with Gasteiger partial charge in [-0.25, -0.2) is 0 Å². The van der Waals surface area contributed by atoms with Gasteiger partial charge in [-0.2, -0.15) is 0 Å². The van der Waals surface area contributed by atoms with Crippen LogP contribution < -0.4 is 0 Å². The van der Waals surface area contributed by atoms with Crippen molar-refractivity contribution in [3.8, 4) is 0 Å². The molecule has 4 unspecified atom stereocenters. The molecule has 4 aliphatic carbocycles. The molecule has 4 aliphatic rings. The van der Waals surface area contributed by atoms with Gasteiger partial charge in [-0.3, -0.25) is 0 Å². The van der Waals surface area contributed by atoms with E-state index in [0.717, 1.165) is 44.2 Å². The fraction of sp³-hybridized carbons (Fsp3) is 0.857. The third-order valence-corrected chi connectivity index (χ3v) is 8.67. The first-order chi connectivity index (χ1) is 11.8. The monoisotopic (exact) mass is 347 g/mol. The summed E-state index contributed by atoms with van der Waals surface area (Å²) in [6, 6.07) is 0. The molecule has 0 saturated heterocycles. The Bertz CT molecular complexity index is 614. The van der Waals surface area contributed by atoms with Gasteiger partial charge in [-0.15, -0.1) is 0 Å². The van der Waals surface area contributed by atoms with E-state index in [0.29, 0.717) is 17.8 Å². The van der Waals surface area contributed by atoms with Crippen molar-refractivity contribution in [2.24, 2.45) is 39.7 Å². The smallest absolute Gasteiger partial charge is 0.0585 e. The average molecular weight is 347 g/mol. The number of aliphatic hydroxyl groups excluding tert-OH is 2. The Balaban J connectivity index is 1.71. The highest BCUT2D eigenvalue weighted by Crippen LogP contribution is 2.66. The molecule has 0 heterocycles. The molecule has 3 saturated carbocycles. The number of allylic oxidation sites excluding steroid dienone is 1. The van der Waals surface area contributed by atoms with Gasteiger partial charge in [0.05, 0.1) is 17.9 Å². The van der Waals surface area contributed by atoms with E-state index in [4.69, 9.17) is 0 Å². The van der Waals surface area contributed by atoms with Crippen LogP contribution in [0, 0.1) is 34.5 Å². The molecule has 0 amide bonds. The number of rotatable bonds is 1. The summed E-state index contributed by atoms with van der Waals surface area (Å²) in [7, 11) is 0. The standard InChI is InChI=1S/C21H33NO3/c1-12(22-25)16-6-7-17-15-5-4-13-10-14(23)8-9-20(13,2)19(15)18(24)11-21(16,17)3/h4,14-19,23-25H,5-11H2,1-3H3/b22-12+/t14-,15?,16?,17?,18-,19?,20-,21+/m0/s1. The Morgan fingerprint density at radius 3 is 2.68 bits per heavy atom. The summed E-state index contributed by atoms with van der Waals surface area (Å²) in [6.07, 6.45) is 8.58. The van der Waals surface area contributed by atoms with Crippen LogP contribution in [0.1, 0.15) is 65.7 Å². The molecule has 140 valence electrons. The van der Waals surface area contributed by atoms with Crippen LogP contribution in [0.5, 0.6) is 0 Å². The third kappa shape index (κ3) is 2.36. The fourth-order valence-corrected chi connectivity index (χ4v) is 7.53. The van der Waals surface area contributed by atoms with Crippen molar-refractivity contribution in [2.45, 2.75) is 77.9 Å². The molecule has 4 nitrogen and oxygen atoms in total. The summed E-state index contributed by atoms with van der Waals surface area (Å²) in [5.41, 5.74) is 2.29. The van der Waals surface area contributed by atoms with Gasteiger partial charge in [0.25, 0.3) is 0 Å². The molecular formula is C21H33NO3. The highest BCUT2D eigenvalue weighted by molar-refractivity contribution is 5.85. The lowest BCUT2D eigenvalue weighted by atomic mass is 9.46. The predicted octanol–water partition coefficient (Wildman–Crippen LogP) is 3.75. The van der Waals surface area contributed by atoms with Crippen LogP contribution in [0.2, 0.25) is 0 Å². The van der Waals surface area contributed by atoms with Gasteiger partial charge in [-0.05, 0) is 80.5 Å². The largest absolute Gasteiger partial charge is 0.411 e. The fourth-order valence-electron chi connectivity index (χ4n) is 7.53. The Morgan fingerprint density at radius 2 is 1.96 bits per heavy atom. The summed E-state index contributed by atoms with van der Waals surface area (Å²) >= 11 is 0. The number of nitrogens with zero attached hydrogens (tertiary/aromatic N) is 1. The van der Waals surface area contributed by atoms with Gasteiger partial charge in [0.15, 0.2) is 0 Å². The zero-order valence-electron chi connectivity index (χ0n) is 15.8. The van der Waals surface area contributed by atoms with E-state index < -0.39 is 0 Å². The van der Waals surface area contributed by atoms with Crippen molar-refractivity contribution < 1.29 is 15.4 Å². The van der Waals surface area contributed by atoms with Crippen LogP contribution in [0.15, 0.2) is 16.8 Å². The van der Waals surface area contributed by atoms with Crippen molar-refractivity contribution >= 4 is 5.71 Å². The Hall–Kier alpha value is -0.870. The van der Waals surface area contributed by atoms with E-state index in [1.54, 1.807) is 0 Å². The topological polar surface area (TPSA) is 73.1 Å². The maximum atomic E-state index is 11.3. The van der Waals surface area contributed by atoms with Crippen LogP contribution >= 0.6 is 0 Å². The normalized spacial score (nSPS) is 52.8. The summed E-state index contributed by atoms with van der Waals surface area (Å²) in [5, 5.41) is 34.2. The maximum Gasteiger partial charge on any atom is 0.0585 e. The van der Waals surface area contributed by atoms with Crippen LogP contribution in [-0.2, 0) is 0 Å². The van der Waals surface area contributed by atoms with Crippen LogP contribution in [0.4, 0.5) is 0 Å². The second-order valence-electron chi connectivity index (χ2n) is 9.72. The minimum absolute atomic E-state index is 0.0345. The molecule has 4 heteroatoms. The van der Waals surface area contributed by atoms with E-state index >= 15 is 0 Å². The highest BCUT2D eigenvalue weighted by Gasteiger charge is 2.61. The number of hydrogen-bond acceptors (Lipinski definition) is 4. The highest BCUT2D eigenvalue weighted by atomic mass is 16.4. The molecule has 0 aromatic heterocycles. The molecule has 0 radical (unpaired) electrons. The Morgan fingerprint density at radius 1 is 1.20 bits per heavy atom. The molecule has 25 heavy (non-hydrogen) atoms. The van der Waals surface area contributed by atoms with E-state index in [1.807, 2.05) is 6.92 Å². The molecule has 8 atom stereocenters. The summed E-state index contributed by atoms with van der Waals surface area (Å²) < 4.78 is 0. The van der Waals surface area contributed by atoms with Gasteiger partial charge in [-0.1, -0.05) is 30.7 Å². The number of hydrogen-bond donors (Lipinski definition) is 3. The maximum absolute atomic E-state index is 11.3. The van der Waals surface area contributed by atoms with Crippen LogP contribution in [0.3, 0.4) is 0 Å². The molecule has 0 aromatic carbocycles. The number of fused-ring (bicyclic) bond motifs is 5. The third-order valence-electron chi connectivity index (χ3n) is 8.67. The van der Waals surface area contributed by atoms with E-state index in [1.165, 1.54) is 12.0 Å². The number of aliphatic hydroxyl groups is 2. The lowest BCUT2D eigenvalue weighted by Gasteiger charge is -2.59. The van der Waals surface area contributed by atoms with Crippen LogP contribution in [-0.4, -0.2) is 33.3 Å². The first-order valence-corrected chi connectivity index (χ1v) is 10.1.